The van der Waals surface area contributed by atoms with Gasteiger partial charge in [-0.3, -0.25) is 4.98 Å². The van der Waals surface area contributed by atoms with Crippen molar-refractivity contribution < 1.29 is 23.8 Å². The Kier molecular flexibility index (Phi) is 8.57. The number of ether oxygens (including phenoxy) is 3. The highest BCUT2D eigenvalue weighted by Gasteiger charge is 2.30. The van der Waals surface area contributed by atoms with Crippen molar-refractivity contribution in [3.8, 4) is 11.1 Å². The normalized spacial score (nSPS) is 10.7. The van der Waals surface area contributed by atoms with Crippen LogP contribution in [0.3, 0.4) is 0 Å². The zero-order valence-corrected chi connectivity index (χ0v) is 17.5. The van der Waals surface area contributed by atoms with E-state index < -0.39 is 11.9 Å². The van der Waals surface area contributed by atoms with Crippen LogP contribution in [0, 0.1) is 6.92 Å². The van der Waals surface area contributed by atoms with E-state index in [9.17, 15) is 9.59 Å². The first kappa shape index (κ1) is 22.8. The third kappa shape index (κ3) is 5.32. The molecule has 0 atom stereocenters. The molecule has 156 valence electrons. The minimum Gasteiger partial charge on any atom is -0.462 e. The second kappa shape index (κ2) is 10.9. The van der Waals surface area contributed by atoms with E-state index in [2.05, 4.69) is 4.98 Å². The molecule has 0 unspecified atom stereocenters. The molecule has 29 heavy (non-hydrogen) atoms. The monoisotopic (exact) mass is 420 g/mol. The molecule has 0 saturated carbocycles. The van der Waals surface area contributed by atoms with Crippen LogP contribution in [0.1, 0.15) is 46.0 Å². The summed E-state index contributed by atoms with van der Waals surface area (Å²) in [7, 11) is 0. The Hall–Kier alpha value is -2.48. The van der Waals surface area contributed by atoms with Crippen molar-refractivity contribution in [1.82, 2.24) is 4.98 Å². The fraction of sp³-hybridized carbons (Fsp3) is 0.381. The van der Waals surface area contributed by atoms with Gasteiger partial charge in [0, 0.05) is 22.7 Å². The number of nitrogens with zero attached hydrogens (tertiary/aromatic N) is 1. The predicted octanol–water partition coefficient (Wildman–Crippen LogP) is 3.54. The molecule has 1 aromatic carbocycles. The van der Waals surface area contributed by atoms with Crippen LogP contribution < -0.4 is 5.73 Å². The second-order valence-corrected chi connectivity index (χ2v) is 6.44. The summed E-state index contributed by atoms with van der Waals surface area (Å²) in [6.07, 6.45) is 0. The zero-order chi connectivity index (χ0) is 21.4. The van der Waals surface area contributed by atoms with E-state index in [0.717, 1.165) is 0 Å². The van der Waals surface area contributed by atoms with Gasteiger partial charge in [0.05, 0.1) is 48.9 Å². The predicted molar refractivity (Wildman–Crippen MR) is 110 cm³/mol. The van der Waals surface area contributed by atoms with Gasteiger partial charge < -0.3 is 19.9 Å². The molecule has 1 aromatic heterocycles. The summed E-state index contributed by atoms with van der Waals surface area (Å²) < 4.78 is 16.0. The van der Waals surface area contributed by atoms with Crippen LogP contribution in [0.15, 0.2) is 24.3 Å². The second-order valence-electron chi connectivity index (χ2n) is 6.03. The lowest BCUT2D eigenvalue weighted by Gasteiger charge is -2.19. The van der Waals surface area contributed by atoms with Gasteiger partial charge >= 0.3 is 11.9 Å². The molecule has 0 fully saturated rings. The fourth-order valence-electron chi connectivity index (χ4n) is 2.93. The smallest absolute Gasteiger partial charge is 0.340 e. The van der Waals surface area contributed by atoms with Gasteiger partial charge in [0.2, 0.25) is 0 Å². The molecule has 0 saturated heterocycles. The highest BCUT2D eigenvalue weighted by Crippen LogP contribution is 2.37. The molecule has 2 rings (SSSR count). The Morgan fingerprint density at radius 3 is 2.28 bits per heavy atom. The maximum Gasteiger partial charge on any atom is 0.340 e. The molecule has 2 N–H and O–H groups in total. The van der Waals surface area contributed by atoms with Crippen LogP contribution in [-0.2, 0) is 20.8 Å². The highest BCUT2D eigenvalue weighted by molar-refractivity contribution is 6.34. The average Bonchev–Trinajstić information content (AvgIpc) is 2.68. The topological polar surface area (TPSA) is 101 Å². The summed E-state index contributed by atoms with van der Waals surface area (Å²) >= 11 is 6.43. The van der Waals surface area contributed by atoms with Crippen LogP contribution in [0.25, 0.3) is 11.1 Å². The van der Waals surface area contributed by atoms with Crippen LogP contribution >= 0.6 is 11.6 Å². The highest BCUT2D eigenvalue weighted by atomic mass is 35.5. The molecule has 2 aromatic rings. The van der Waals surface area contributed by atoms with Gasteiger partial charge in [-0.1, -0.05) is 29.8 Å². The number of esters is 2. The lowest BCUT2D eigenvalue weighted by molar-refractivity contribution is 0.0518. The Bertz CT molecular complexity index is 886. The van der Waals surface area contributed by atoms with E-state index in [4.69, 9.17) is 31.5 Å². The van der Waals surface area contributed by atoms with E-state index in [1.54, 1.807) is 45.0 Å². The van der Waals surface area contributed by atoms with Crippen molar-refractivity contribution >= 4 is 23.5 Å². The van der Waals surface area contributed by atoms with Crippen LogP contribution in [0.5, 0.6) is 0 Å². The van der Waals surface area contributed by atoms with Crippen molar-refractivity contribution in [1.29, 1.82) is 0 Å². The molecule has 0 radical (unpaired) electrons. The minimum atomic E-state index is -0.619. The number of halogens is 1. The largest absolute Gasteiger partial charge is 0.462 e. The fourth-order valence-corrected chi connectivity index (χ4v) is 3.16. The number of nitrogens with two attached hydrogens (primary N) is 1. The molecule has 0 aliphatic rings. The van der Waals surface area contributed by atoms with E-state index in [0.29, 0.717) is 40.7 Å². The number of carbonyl (C=O) groups is 2. The molecule has 7 nitrogen and oxygen atoms in total. The number of benzene rings is 1. The molecule has 0 aliphatic heterocycles. The van der Waals surface area contributed by atoms with E-state index in [-0.39, 0.29) is 30.9 Å². The van der Waals surface area contributed by atoms with Crippen molar-refractivity contribution in [3.63, 3.8) is 0 Å². The number of aromatic nitrogens is 1. The first-order valence-electron chi connectivity index (χ1n) is 9.36. The molecular weight excluding hydrogens is 396 g/mol. The number of hydrogen-bond donors (Lipinski definition) is 1. The Morgan fingerprint density at radius 1 is 1.07 bits per heavy atom. The summed E-state index contributed by atoms with van der Waals surface area (Å²) in [5.74, 6) is -1.21. The summed E-state index contributed by atoms with van der Waals surface area (Å²) in [5.41, 5.74) is 7.37. The Balaban J connectivity index is 2.85. The minimum absolute atomic E-state index is 0.0345. The van der Waals surface area contributed by atoms with Crippen LogP contribution in [0.4, 0.5) is 0 Å². The maximum absolute atomic E-state index is 12.9. The summed E-state index contributed by atoms with van der Waals surface area (Å²) in [6, 6.07) is 6.94. The number of pyridine rings is 1. The molecular formula is C21H25ClN2O5. The van der Waals surface area contributed by atoms with Gasteiger partial charge in [-0.15, -0.1) is 0 Å². The lowest BCUT2D eigenvalue weighted by Crippen LogP contribution is -2.20. The van der Waals surface area contributed by atoms with Crippen LogP contribution in [0.2, 0.25) is 5.02 Å². The van der Waals surface area contributed by atoms with Gasteiger partial charge in [-0.2, -0.15) is 0 Å². The van der Waals surface area contributed by atoms with Gasteiger partial charge in [0.1, 0.15) is 0 Å². The molecule has 0 spiro atoms. The molecule has 0 aliphatic carbocycles. The van der Waals surface area contributed by atoms with Crippen molar-refractivity contribution in [2.45, 2.75) is 27.4 Å². The molecule has 0 amide bonds. The summed E-state index contributed by atoms with van der Waals surface area (Å²) in [4.78, 5) is 30.1. The Morgan fingerprint density at radius 2 is 1.69 bits per heavy atom. The van der Waals surface area contributed by atoms with E-state index in [1.165, 1.54) is 0 Å². The molecule has 8 heteroatoms. The van der Waals surface area contributed by atoms with Crippen LogP contribution in [-0.4, -0.2) is 43.3 Å². The first-order valence-corrected chi connectivity index (χ1v) is 9.74. The summed E-state index contributed by atoms with van der Waals surface area (Å²) in [6.45, 7) is 6.07. The van der Waals surface area contributed by atoms with E-state index in [1.807, 2.05) is 0 Å². The van der Waals surface area contributed by atoms with Gasteiger partial charge in [0.25, 0.3) is 0 Å². The van der Waals surface area contributed by atoms with Gasteiger partial charge in [-0.05, 0) is 26.8 Å². The first-order chi connectivity index (χ1) is 14.0. The Labute approximate surface area is 175 Å². The van der Waals surface area contributed by atoms with Gasteiger partial charge in [-0.25, -0.2) is 9.59 Å². The maximum atomic E-state index is 12.9. The van der Waals surface area contributed by atoms with Crippen molar-refractivity contribution in [2.75, 3.05) is 26.4 Å². The van der Waals surface area contributed by atoms with E-state index >= 15 is 0 Å². The lowest BCUT2D eigenvalue weighted by atomic mass is 9.92. The number of carbonyl (C=O) groups excluding carboxylic acids is 2. The number of rotatable bonds is 9. The standard InChI is InChI=1S/C21H25ClN2O5/c1-4-28-20(25)17-13(3)24-16(12-27-11-10-23)19(21(26)29-5-2)18(17)14-8-6-7-9-15(14)22/h6-9H,4-5,10-12,23H2,1-3H3. The quantitative estimate of drug-likeness (QED) is 0.489. The SMILES string of the molecule is CCOC(=O)c1c(C)nc(COCCN)c(C(=O)OCC)c1-c1ccccc1Cl. The third-order valence-electron chi connectivity index (χ3n) is 4.06. The molecule has 0 bridgehead atoms. The van der Waals surface area contributed by atoms with Crippen molar-refractivity contribution in [2.24, 2.45) is 5.73 Å². The third-order valence-corrected chi connectivity index (χ3v) is 4.39. The zero-order valence-electron chi connectivity index (χ0n) is 16.8. The number of hydrogen-bond acceptors (Lipinski definition) is 7. The summed E-state index contributed by atoms with van der Waals surface area (Å²) in [5, 5.41) is 0.378. The molecule has 1 heterocycles. The van der Waals surface area contributed by atoms with Crippen molar-refractivity contribution in [3.05, 3.63) is 51.8 Å². The average molecular weight is 421 g/mol. The number of aryl methyl sites for hydroxylation is 1. The van der Waals surface area contributed by atoms with Gasteiger partial charge in [0.15, 0.2) is 0 Å².